The molecule has 0 amide bonds. The number of imidazole rings is 2. The Labute approximate surface area is 290 Å². The molecule has 236 valence electrons. The van der Waals surface area contributed by atoms with Gasteiger partial charge in [-0.25, -0.2) is 9.36 Å². The minimum atomic E-state index is 0. The Morgan fingerprint density at radius 3 is 1.14 bits per heavy atom. The van der Waals surface area contributed by atoms with E-state index in [1.165, 1.54) is 0 Å². The molecule has 9 rings (SSSR count). The maximum absolute atomic E-state index is 4.84. The van der Waals surface area contributed by atoms with Crippen molar-refractivity contribution in [2.45, 2.75) is 0 Å². The Bertz CT molecular complexity index is 2300. The fourth-order valence-corrected chi connectivity index (χ4v) is 5.16. The second-order valence-corrected chi connectivity index (χ2v) is 10.5. The topological polar surface area (TPSA) is 167 Å². The van der Waals surface area contributed by atoms with Crippen molar-refractivity contribution in [3.8, 4) is 33.9 Å². The zero-order valence-electron chi connectivity index (χ0n) is 25.1. The molecule has 0 aliphatic rings. The molecule has 8 bridgehead atoms. The van der Waals surface area contributed by atoms with Crippen LogP contribution in [0.2, 0.25) is 0 Å². The summed E-state index contributed by atoms with van der Waals surface area (Å²) >= 11 is 0. The van der Waals surface area contributed by atoms with E-state index in [1.54, 1.807) is 9.36 Å². The van der Waals surface area contributed by atoms with E-state index < -0.39 is 0 Å². The van der Waals surface area contributed by atoms with Gasteiger partial charge < -0.3 is 19.9 Å². The number of para-hydroxylation sites is 2. The van der Waals surface area contributed by atoms with Gasteiger partial charge in [0.05, 0.1) is 34.2 Å². The third-order valence-electron chi connectivity index (χ3n) is 7.32. The van der Waals surface area contributed by atoms with Gasteiger partial charge >= 0.3 is 21.1 Å². The number of aromatic nitrogens is 14. The summed E-state index contributed by atoms with van der Waals surface area (Å²) in [4.78, 5) is 47.1. The van der Waals surface area contributed by atoms with Crippen molar-refractivity contribution in [2.24, 2.45) is 0 Å². The van der Waals surface area contributed by atoms with Gasteiger partial charge in [0.2, 0.25) is 11.6 Å². The van der Waals surface area contributed by atoms with E-state index >= 15 is 0 Å². The largest absolute Gasteiger partial charge is 2.00 e. The molecule has 0 aliphatic carbocycles. The van der Waals surface area contributed by atoms with Crippen LogP contribution in [0.1, 0.15) is 0 Å². The normalized spacial score (nSPS) is 11.1. The summed E-state index contributed by atoms with van der Waals surface area (Å²) in [6.07, 6.45) is 0. The smallest absolute Gasteiger partial charge is 0.319 e. The van der Waals surface area contributed by atoms with Crippen LogP contribution in [-0.2, 0) is 21.1 Å². The Balaban J connectivity index is 0.00000348. The molecule has 14 nitrogen and oxygen atoms in total. The van der Waals surface area contributed by atoms with Gasteiger partial charge in [0.25, 0.3) is 0 Å². The van der Waals surface area contributed by atoms with E-state index in [4.69, 9.17) is 19.9 Å². The van der Waals surface area contributed by atoms with Gasteiger partial charge in [-0.3, -0.25) is 19.9 Å². The van der Waals surface area contributed by atoms with Crippen molar-refractivity contribution in [3.05, 3.63) is 121 Å². The van der Waals surface area contributed by atoms with Gasteiger partial charge in [-0.15, -0.1) is 10.2 Å². The average molecular weight is 820 g/mol. The van der Waals surface area contributed by atoms with Crippen LogP contribution in [0.4, 0.5) is 0 Å². The minimum Gasteiger partial charge on any atom is -0.319 e. The van der Waals surface area contributed by atoms with Crippen LogP contribution in [0.3, 0.4) is 0 Å². The molecule has 0 unspecified atom stereocenters. The van der Waals surface area contributed by atoms with Crippen molar-refractivity contribution in [3.63, 3.8) is 0 Å². The molecule has 0 N–H and O–H groups in total. The van der Waals surface area contributed by atoms with Crippen LogP contribution >= 0.6 is 0 Å². The standard InChI is InChI=1S/C34H20N14.Pt/c1-5-13-21(14-6-1)25-27-37-29(35-25)41-31-44-34(48(45-31)24-19-11-4-12-20-24)40-28-26(22-15-7-2-8-16-22)36-30(38-28)42-32-43-33(39-27)47(46-32)23-17-9-3-10-18-23;/h1-20H;/q-2;+2. The molecule has 5 aromatic heterocycles. The monoisotopic (exact) mass is 819 g/mol. The summed E-state index contributed by atoms with van der Waals surface area (Å²) in [5.74, 6) is 0.885. The average Bonchev–Trinajstić information content (AvgIpc) is 3.92. The zero-order chi connectivity index (χ0) is 31.9. The third kappa shape index (κ3) is 5.81. The Kier molecular flexibility index (Phi) is 7.66. The van der Waals surface area contributed by atoms with Crippen molar-refractivity contribution >= 4 is 46.0 Å². The molecule has 9 aromatic rings. The van der Waals surface area contributed by atoms with Gasteiger partial charge in [0, 0.05) is 11.4 Å². The van der Waals surface area contributed by atoms with Gasteiger partial charge in [0.15, 0.2) is 11.6 Å². The van der Waals surface area contributed by atoms with Gasteiger partial charge in [-0.2, -0.15) is 9.97 Å². The van der Waals surface area contributed by atoms with Crippen LogP contribution in [0.5, 0.6) is 0 Å². The van der Waals surface area contributed by atoms with Gasteiger partial charge in [0.1, 0.15) is 0 Å². The summed E-state index contributed by atoms with van der Waals surface area (Å²) in [5, 5.41) is 9.35. The van der Waals surface area contributed by atoms with Crippen molar-refractivity contribution in [1.82, 2.24) is 69.4 Å². The fourth-order valence-electron chi connectivity index (χ4n) is 5.16. The zero-order valence-corrected chi connectivity index (χ0v) is 27.4. The molecule has 49 heavy (non-hydrogen) atoms. The van der Waals surface area contributed by atoms with E-state index in [0.29, 0.717) is 11.4 Å². The molecule has 15 heteroatoms. The molecule has 4 aromatic carbocycles. The van der Waals surface area contributed by atoms with E-state index in [2.05, 4.69) is 40.1 Å². The van der Waals surface area contributed by atoms with Crippen LogP contribution in [-0.4, -0.2) is 59.4 Å². The summed E-state index contributed by atoms with van der Waals surface area (Å²) in [6.45, 7) is 0. The van der Waals surface area contributed by atoms with Crippen LogP contribution in [0.25, 0.3) is 79.8 Å². The van der Waals surface area contributed by atoms with E-state index in [0.717, 1.165) is 22.5 Å². The number of rotatable bonds is 4. The quantitative estimate of drug-likeness (QED) is 0.239. The Morgan fingerprint density at radius 2 is 0.755 bits per heavy atom. The fraction of sp³-hybridized carbons (Fsp3) is 0. The number of hydrogen-bond acceptors (Lipinski definition) is 10. The SMILES string of the molecule is [Pt+2].c1ccc(-c2nc3nc4nc(nc5[n-]c(nc5-c5ccccc5)nc5nc(nc2[n-]3)n(-c2ccccc2)n5)n(-c2ccccc2)n4)cc1. The van der Waals surface area contributed by atoms with E-state index in [-0.39, 0.29) is 67.0 Å². The second-order valence-electron chi connectivity index (χ2n) is 10.5. The van der Waals surface area contributed by atoms with Crippen molar-refractivity contribution in [1.29, 1.82) is 0 Å². The van der Waals surface area contributed by atoms with Crippen LogP contribution < -0.4 is 9.97 Å². The third-order valence-corrected chi connectivity index (χ3v) is 7.32. The maximum Gasteiger partial charge on any atom is 2.00 e. The van der Waals surface area contributed by atoms with Crippen molar-refractivity contribution in [2.75, 3.05) is 0 Å². The first-order chi connectivity index (χ1) is 23.7. The molecule has 0 atom stereocenters. The first kappa shape index (κ1) is 29.8. The number of fused-ring (bicyclic) bond motifs is 8. The molecule has 0 radical (unpaired) electrons. The molecule has 0 saturated carbocycles. The molecular weight excluding hydrogens is 800 g/mol. The predicted molar refractivity (Wildman–Crippen MR) is 177 cm³/mol. The molecule has 0 spiro atoms. The van der Waals surface area contributed by atoms with E-state index in [9.17, 15) is 0 Å². The van der Waals surface area contributed by atoms with E-state index in [1.807, 2.05) is 121 Å². The Morgan fingerprint density at radius 1 is 0.388 bits per heavy atom. The maximum atomic E-state index is 4.84. The number of hydrogen-bond donors (Lipinski definition) is 0. The van der Waals surface area contributed by atoms with Crippen molar-refractivity contribution < 1.29 is 21.1 Å². The summed E-state index contributed by atoms with van der Waals surface area (Å²) in [5.41, 5.74) is 4.61. The molecule has 0 saturated heterocycles. The molecular formula is C34H20N14Pt. The second kappa shape index (κ2) is 12.6. The molecule has 0 aliphatic heterocycles. The minimum absolute atomic E-state index is 0. The Hall–Kier alpha value is -6.53. The first-order valence-corrected chi connectivity index (χ1v) is 14.9. The summed E-state index contributed by atoms with van der Waals surface area (Å²) in [7, 11) is 0. The van der Waals surface area contributed by atoms with Gasteiger partial charge in [-0.05, 0) is 35.4 Å². The van der Waals surface area contributed by atoms with Gasteiger partial charge in [-0.1, -0.05) is 97.1 Å². The summed E-state index contributed by atoms with van der Waals surface area (Å²) in [6, 6.07) is 38.2. The first-order valence-electron chi connectivity index (χ1n) is 14.9. The summed E-state index contributed by atoms with van der Waals surface area (Å²) < 4.78 is 3.16. The number of benzene rings is 4. The van der Waals surface area contributed by atoms with Crippen LogP contribution in [0.15, 0.2) is 121 Å². The number of nitrogens with zero attached hydrogens (tertiary/aromatic N) is 14. The molecule has 0 fully saturated rings. The predicted octanol–water partition coefficient (Wildman–Crippen LogP) is 4.76. The molecule has 5 heterocycles. The van der Waals surface area contributed by atoms with Crippen LogP contribution in [0, 0.1) is 0 Å².